The van der Waals surface area contributed by atoms with Crippen LogP contribution in [0.1, 0.15) is 26.2 Å². The number of methoxy groups -OCH3 is 1. The van der Waals surface area contributed by atoms with Gasteiger partial charge in [0.1, 0.15) is 5.75 Å². The van der Waals surface area contributed by atoms with Crippen LogP contribution in [0.25, 0.3) is 17.1 Å². The summed E-state index contributed by atoms with van der Waals surface area (Å²) in [5.41, 5.74) is 2.15. The Morgan fingerprint density at radius 2 is 1.77 bits per heavy atom. The van der Waals surface area contributed by atoms with E-state index in [1.54, 1.807) is 18.6 Å². The van der Waals surface area contributed by atoms with Crippen LogP contribution >= 0.6 is 28.5 Å². The fourth-order valence-electron chi connectivity index (χ4n) is 2.54. The number of hydrogen-bond acceptors (Lipinski definition) is 4. The Morgan fingerprint density at radius 1 is 1.04 bits per heavy atom. The Bertz CT molecular complexity index is 857. The number of nitrogens with zero attached hydrogens (tertiary/aromatic N) is 3. The lowest BCUT2D eigenvalue weighted by molar-refractivity contribution is 0.415. The second kappa shape index (κ2) is 10.3. The Hall–Kier alpha value is -1.92. The first-order valence-corrected chi connectivity index (χ1v) is 9.40. The predicted octanol–water partition coefficient (Wildman–Crippen LogP) is 5.28. The lowest BCUT2D eigenvalue weighted by Crippen LogP contribution is -2.00. The fraction of sp³-hybridized carbons (Fsp3) is 0.300. The van der Waals surface area contributed by atoms with E-state index in [9.17, 15) is 0 Å². The van der Waals surface area contributed by atoms with Crippen molar-refractivity contribution in [2.24, 2.45) is 4.99 Å². The van der Waals surface area contributed by atoms with Crippen LogP contribution in [0, 0.1) is 0 Å². The molecule has 3 aromatic rings. The first-order valence-electron chi connectivity index (χ1n) is 8.62. The molecule has 2 aromatic carbocycles. The smallest absolute Gasteiger partial charge is 0.223 e. The second-order valence-corrected chi connectivity index (χ2v) is 6.67. The Morgan fingerprint density at radius 3 is 2.42 bits per heavy atom. The number of benzene rings is 2. The summed E-state index contributed by atoms with van der Waals surface area (Å²) >= 11 is 1.58. The number of aromatic nitrogens is 2. The van der Waals surface area contributed by atoms with Gasteiger partial charge in [-0.25, -0.2) is 3.96 Å². The van der Waals surface area contributed by atoms with Crippen molar-refractivity contribution in [3.05, 3.63) is 59.4 Å². The molecule has 0 atom stereocenters. The van der Waals surface area contributed by atoms with E-state index in [0.29, 0.717) is 0 Å². The minimum Gasteiger partial charge on any atom is -0.497 e. The molecular formula is C20H24BrN3OS. The summed E-state index contributed by atoms with van der Waals surface area (Å²) in [5.74, 6) is 1.75. The maximum Gasteiger partial charge on any atom is 0.223 e. The summed E-state index contributed by atoms with van der Waals surface area (Å²) in [5, 5.41) is 0. The van der Waals surface area contributed by atoms with Crippen LogP contribution in [0.2, 0.25) is 0 Å². The number of rotatable bonds is 7. The SMILES string of the molecule is Br.CCCCCN=c1nc(-c2ccc(OC)cc2)n(-c2ccccc2)s1. The molecule has 0 saturated heterocycles. The highest BCUT2D eigenvalue weighted by Gasteiger charge is 2.11. The van der Waals surface area contributed by atoms with Crippen molar-refractivity contribution in [2.75, 3.05) is 13.7 Å². The zero-order chi connectivity index (χ0) is 17.5. The molecule has 1 heterocycles. The molecule has 0 unspecified atom stereocenters. The van der Waals surface area contributed by atoms with Crippen LogP contribution in [0.15, 0.2) is 59.6 Å². The molecule has 0 bridgehead atoms. The molecule has 1 aromatic heterocycles. The summed E-state index contributed by atoms with van der Waals surface area (Å²) in [7, 11) is 1.68. The third kappa shape index (κ3) is 5.05. The quantitative estimate of drug-likeness (QED) is 0.475. The van der Waals surface area contributed by atoms with Crippen LogP contribution in [0.4, 0.5) is 0 Å². The molecule has 6 heteroatoms. The first kappa shape index (κ1) is 20.4. The van der Waals surface area contributed by atoms with E-state index in [4.69, 9.17) is 9.72 Å². The van der Waals surface area contributed by atoms with Crippen molar-refractivity contribution in [2.45, 2.75) is 26.2 Å². The van der Waals surface area contributed by atoms with Gasteiger partial charge in [0.2, 0.25) is 4.80 Å². The number of para-hydroxylation sites is 1. The normalized spacial score (nSPS) is 11.2. The molecule has 3 rings (SSSR count). The summed E-state index contributed by atoms with van der Waals surface area (Å²) in [4.78, 5) is 10.3. The van der Waals surface area contributed by atoms with Crippen molar-refractivity contribution >= 4 is 28.5 Å². The molecule has 0 radical (unpaired) electrons. The van der Waals surface area contributed by atoms with Crippen molar-refractivity contribution in [1.82, 2.24) is 8.94 Å². The molecule has 0 amide bonds. The van der Waals surface area contributed by atoms with Gasteiger partial charge >= 0.3 is 0 Å². The van der Waals surface area contributed by atoms with E-state index >= 15 is 0 Å². The molecule has 138 valence electrons. The number of unbranched alkanes of at least 4 members (excludes halogenated alkanes) is 2. The lowest BCUT2D eigenvalue weighted by atomic mass is 10.2. The molecule has 4 nitrogen and oxygen atoms in total. The molecular weight excluding hydrogens is 410 g/mol. The minimum absolute atomic E-state index is 0. The molecule has 0 aliphatic rings. The largest absolute Gasteiger partial charge is 0.497 e. The zero-order valence-electron chi connectivity index (χ0n) is 15.1. The van der Waals surface area contributed by atoms with Gasteiger partial charge in [0.15, 0.2) is 5.82 Å². The van der Waals surface area contributed by atoms with Crippen LogP contribution in [-0.2, 0) is 0 Å². The van der Waals surface area contributed by atoms with Crippen molar-refractivity contribution in [3.8, 4) is 22.8 Å². The molecule has 0 N–H and O–H groups in total. The van der Waals surface area contributed by atoms with Crippen LogP contribution < -0.4 is 9.54 Å². The highest BCUT2D eigenvalue weighted by atomic mass is 79.9. The molecule has 0 aliphatic carbocycles. The van der Waals surface area contributed by atoms with Gasteiger partial charge in [-0.3, -0.25) is 4.99 Å². The molecule has 0 spiro atoms. The van der Waals surface area contributed by atoms with Gasteiger partial charge in [-0.05, 0) is 54.4 Å². The Kier molecular flexibility index (Phi) is 8.06. The summed E-state index contributed by atoms with van der Waals surface area (Å²) in [6.07, 6.45) is 3.52. The third-order valence-electron chi connectivity index (χ3n) is 3.91. The second-order valence-electron chi connectivity index (χ2n) is 5.76. The number of halogens is 1. The van der Waals surface area contributed by atoms with Crippen molar-refractivity contribution in [3.63, 3.8) is 0 Å². The van der Waals surface area contributed by atoms with E-state index < -0.39 is 0 Å². The van der Waals surface area contributed by atoms with Gasteiger partial charge in [0.25, 0.3) is 0 Å². The van der Waals surface area contributed by atoms with E-state index in [2.05, 4.69) is 28.0 Å². The van der Waals surface area contributed by atoms with E-state index in [1.807, 2.05) is 42.5 Å². The van der Waals surface area contributed by atoms with Crippen molar-refractivity contribution in [1.29, 1.82) is 0 Å². The van der Waals surface area contributed by atoms with Gasteiger partial charge < -0.3 is 4.74 Å². The van der Waals surface area contributed by atoms with Gasteiger partial charge in [0, 0.05) is 12.1 Å². The predicted molar refractivity (Wildman–Crippen MR) is 114 cm³/mol. The molecule has 0 fully saturated rings. The van der Waals surface area contributed by atoms with Gasteiger partial charge in [-0.2, -0.15) is 4.98 Å². The van der Waals surface area contributed by atoms with Crippen molar-refractivity contribution < 1.29 is 4.74 Å². The average molecular weight is 434 g/mol. The fourth-order valence-corrected chi connectivity index (χ4v) is 3.44. The topological polar surface area (TPSA) is 39.4 Å². The first-order chi connectivity index (χ1) is 12.3. The summed E-state index contributed by atoms with van der Waals surface area (Å²) in [6, 6.07) is 18.3. The van der Waals surface area contributed by atoms with Gasteiger partial charge in [0.05, 0.1) is 12.8 Å². The molecule has 0 aliphatic heterocycles. The standard InChI is InChI=1S/C20H23N3OS.BrH/c1-3-4-8-15-21-20-22-19(16-11-13-18(24-2)14-12-16)23(25-20)17-9-6-5-7-10-17;/h5-7,9-14H,3-4,8,15H2,1-2H3;1H. The van der Waals surface area contributed by atoms with E-state index in [-0.39, 0.29) is 17.0 Å². The lowest BCUT2D eigenvalue weighted by Gasteiger charge is -2.06. The van der Waals surface area contributed by atoms with Crippen LogP contribution in [0.5, 0.6) is 5.75 Å². The monoisotopic (exact) mass is 433 g/mol. The maximum atomic E-state index is 5.26. The number of hydrogen-bond donors (Lipinski definition) is 0. The van der Waals surface area contributed by atoms with Crippen LogP contribution in [-0.4, -0.2) is 22.6 Å². The van der Waals surface area contributed by atoms with Gasteiger partial charge in [-0.1, -0.05) is 38.0 Å². The summed E-state index contributed by atoms with van der Waals surface area (Å²) < 4.78 is 7.40. The zero-order valence-corrected chi connectivity index (χ0v) is 17.6. The third-order valence-corrected chi connectivity index (χ3v) is 4.86. The van der Waals surface area contributed by atoms with Crippen LogP contribution in [0.3, 0.4) is 0 Å². The molecule has 26 heavy (non-hydrogen) atoms. The maximum absolute atomic E-state index is 5.26. The highest BCUT2D eigenvalue weighted by Crippen LogP contribution is 2.24. The number of ether oxygens (including phenoxy) is 1. The van der Waals surface area contributed by atoms with Gasteiger partial charge in [-0.15, -0.1) is 17.0 Å². The molecule has 0 saturated carbocycles. The highest BCUT2D eigenvalue weighted by molar-refractivity contribution is 8.93. The summed E-state index contributed by atoms with van der Waals surface area (Å²) in [6.45, 7) is 3.03. The Labute approximate surface area is 169 Å². The van der Waals surface area contributed by atoms with E-state index in [1.165, 1.54) is 12.8 Å². The van der Waals surface area contributed by atoms with E-state index in [0.717, 1.165) is 40.6 Å². The Balaban J connectivity index is 0.00000243. The minimum atomic E-state index is 0. The average Bonchev–Trinajstić information content (AvgIpc) is 3.10.